The van der Waals surface area contributed by atoms with Gasteiger partial charge in [0.1, 0.15) is 0 Å². The van der Waals surface area contributed by atoms with Crippen LogP contribution in [0.5, 0.6) is 0 Å². The number of phosphoric ester groups is 1. The molecular weight excluding hydrogens is 182 g/mol. The molecule has 0 aromatic carbocycles. The van der Waals surface area contributed by atoms with E-state index in [-0.39, 0.29) is 52.8 Å². The van der Waals surface area contributed by atoms with Crippen molar-refractivity contribution in [2.45, 2.75) is 26.4 Å². The van der Waals surface area contributed by atoms with Crippen LogP contribution in [0.15, 0.2) is 0 Å². The second-order valence-electron chi connectivity index (χ2n) is 2.69. The average molecular weight is 194 g/mol. The van der Waals surface area contributed by atoms with Gasteiger partial charge in [-0.05, 0) is 20.8 Å². The standard InChI is InChI=1S/C4H11O4P.K.H/c1-4(2,3)8-9(5,6)7;;/h1-3H3,(H2,5,6,7);;/q;+1;-1. The minimum Gasteiger partial charge on any atom is -1.00 e. The van der Waals surface area contributed by atoms with Gasteiger partial charge in [-0.3, -0.25) is 4.52 Å². The Bertz CT molecular complexity index is 140. The topological polar surface area (TPSA) is 66.8 Å². The molecule has 0 aliphatic carbocycles. The van der Waals surface area contributed by atoms with Crippen molar-refractivity contribution < 1.29 is 71.7 Å². The molecule has 2 N–H and O–H groups in total. The van der Waals surface area contributed by atoms with Gasteiger partial charge < -0.3 is 11.2 Å². The van der Waals surface area contributed by atoms with E-state index in [2.05, 4.69) is 4.52 Å². The van der Waals surface area contributed by atoms with Crippen LogP contribution < -0.4 is 51.4 Å². The third kappa shape index (κ3) is 12.4. The molecule has 0 heterocycles. The summed E-state index contributed by atoms with van der Waals surface area (Å²) in [6.07, 6.45) is 0. The second kappa shape index (κ2) is 4.69. The van der Waals surface area contributed by atoms with Crippen molar-refractivity contribution in [3.8, 4) is 0 Å². The summed E-state index contributed by atoms with van der Waals surface area (Å²) in [6.45, 7) is 4.73. The molecule has 0 fully saturated rings. The van der Waals surface area contributed by atoms with Crippen LogP contribution in [0, 0.1) is 0 Å². The van der Waals surface area contributed by atoms with E-state index >= 15 is 0 Å². The first-order valence-corrected chi connectivity index (χ1v) is 4.00. The average Bonchev–Trinajstić information content (AvgIpc) is 1.14. The smallest absolute Gasteiger partial charge is 1.00 e. The van der Waals surface area contributed by atoms with Crippen molar-refractivity contribution in [1.82, 2.24) is 0 Å². The fourth-order valence-corrected chi connectivity index (χ4v) is 1.07. The van der Waals surface area contributed by atoms with Crippen molar-refractivity contribution in [3.63, 3.8) is 0 Å². The largest absolute Gasteiger partial charge is 1.00 e. The van der Waals surface area contributed by atoms with Crippen LogP contribution in [0.1, 0.15) is 22.2 Å². The molecule has 0 aliphatic heterocycles. The number of hydrogen-bond donors (Lipinski definition) is 2. The quantitative estimate of drug-likeness (QED) is 0.374. The molecular formula is C4H12KO4P. The van der Waals surface area contributed by atoms with E-state index in [1.54, 1.807) is 20.8 Å². The van der Waals surface area contributed by atoms with E-state index in [1.165, 1.54) is 0 Å². The summed E-state index contributed by atoms with van der Waals surface area (Å²) in [5.41, 5.74) is -0.779. The van der Waals surface area contributed by atoms with Crippen molar-refractivity contribution in [2.75, 3.05) is 0 Å². The molecule has 0 saturated heterocycles. The maximum Gasteiger partial charge on any atom is 1.00 e. The van der Waals surface area contributed by atoms with Crippen molar-refractivity contribution >= 4 is 7.82 Å². The van der Waals surface area contributed by atoms with Gasteiger partial charge in [0.15, 0.2) is 0 Å². The normalized spacial score (nSPS) is 12.5. The number of hydrogen-bond acceptors (Lipinski definition) is 2. The van der Waals surface area contributed by atoms with E-state index in [9.17, 15) is 4.57 Å². The van der Waals surface area contributed by atoms with E-state index in [0.29, 0.717) is 0 Å². The summed E-state index contributed by atoms with van der Waals surface area (Å²) in [5.74, 6) is 0. The maximum absolute atomic E-state index is 10.1. The summed E-state index contributed by atoms with van der Waals surface area (Å²) in [7, 11) is -4.29. The zero-order valence-corrected chi connectivity index (χ0v) is 10.7. The molecule has 0 aromatic heterocycles. The summed E-state index contributed by atoms with van der Waals surface area (Å²) in [6, 6.07) is 0. The molecule has 0 unspecified atom stereocenters. The molecule has 6 heteroatoms. The third-order valence-electron chi connectivity index (χ3n) is 0.393. The van der Waals surface area contributed by atoms with Crippen LogP contribution in [0.4, 0.5) is 0 Å². The first-order chi connectivity index (χ1) is 3.71. The fraction of sp³-hybridized carbons (Fsp3) is 1.00. The van der Waals surface area contributed by atoms with Gasteiger partial charge in [-0.25, -0.2) is 4.57 Å². The van der Waals surface area contributed by atoms with Gasteiger partial charge in [-0.1, -0.05) is 0 Å². The summed E-state index contributed by atoms with van der Waals surface area (Å²) in [5, 5.41) is 0. The van der Waals surface area contributed by atoms with Crippen LogP contribution in [0.3, 0.4) is 0 Å². The number of rotatable bonds is 1. The van der Waals surface area contributed by atoms with Gasteiger partial charge in [0.25, 0.3) is 0 Å². The van der Waals surface area contributed by atoms with Gasteiger partial charge in [0.05, 0.1) is 5.60 Å². The van der Waals surface area contributed by atoms with E-state index in [1.807, 2.05) is 0 Å². The Kier molecular flexibility index (Phi) is 6.70. The van der Waals surface area contributed by atoms with Crippen molar-refractivity contribution in [2.24, 2.45) is 0 Å². The first-order valence-electron chi connectivity index (χ1n) is 2.47. The van der Waals surface area contributed by atoms with Crippen LogP contribution in [-0.2, 0) is 9.09 Å². The van der Waals surface area contributed by atoms with Crippen LogP contribution in [0.2, 0.25) is 0 Å². The zero-order chi connectivity index (χ0) is 7.71. The third-order valence-corrected chi connectivity index (χ3v) is 1.18. The fourth-order valence-electron chi connectivity index (χ4n) is 0.357. The molecule has 10 heavy (non-hydrogen) atoms. The van der Waals surface area contributed by atoms with Gasteiger partial charge in [0, 0.05) is 0 Å². The zero-order valence-electron chi connectivity index (χ0n) is 7.66. The van der Waals surface area contributed by atoms with Crippen LogP contribution in [-0.4, -0.2) is 15.4 Å². The molecule has 0 aromatic rings. The van der Waals surface area contributed by atoms with Gasteiger partial charge in [-0.15, -0.1) is 0 Å². The first kappa shape index (κ1) is 14.3. The molecule has 0 rings (SSSR count). The second-order valence-corrected chi connectivity index (χ2v) is 3.86. The van der Waals surface area contributed by atoms with Crippen molar-refractivity contribution in [1.29, 1.82) is 0 Å². The van der Waals surface area contributed by atoms with E-state index in [0.717, 1.165) is 0 Å². The summed E-state index contributed by atoms with van der Waals surface area (Å²) < 4.78 is 14.4. The Morgan fingerprint density at radius 3 is 1.70 bits per heavy atom. The molecule has 0 saturated carbocycles. The summed E-state index contributed by atoms with van der Waals surface area (Å²) in [4.78, 5) is 16.5. The minimum atomic E-state index is -4.29. The molecule has 58 valence electrons. The Labute approximate surface area is 104 Å². The molecule has 0 bridgehead atoms. The van der Waals surface area contributed by atoms with E-state index < -0.39 is 13.4 Å². The molecule has 0 radical (unpaired) electrons. The monoisotopic (exact) mass is 194 g/mol. The molecule has 4 nitrogen and oxygen atoms in total. The van der Waals surface area contributed by atoms with Gasteiger partial charge in [0.2, 0.25) is 0 Å². The Morgan fingerprint density at radius 2 is 1.70 bits per heavy atom. The van der Waals surface area contributed by atoms with E-state index in [4.69, 9.17) is 9.79 Å². The molecule has 0 aliphatic rings. The summed E-state index contributed by atoms with van der Waals surface area (Å²) >= 11 is 0. The molecule has 0 amide bonds. The predicted octanol–water partition coefficient (Wildman–Crippen LogP) is -1.99. The van der Waals surface area contributed by atoms with Crippen LogP contribution in [0.25, 0.3) is 0 Å². The molecule has 0 spiro atoms. The van der Waals surface area contributed by atoms with Crippen LogP contribution >= 0.6 is 7.82 Å². The Hall–Kier alpha value is 1.75. The van der Waals surface area contributed by atoms with Gasteiger partial charge in [-0.2, -0.15) is 0 Å². The minimum absolute atomic E-state index is 0. The van der Waals surface area contributed by atoms with Crippen molar-refractivity contribution in [3.05, 3.63) is 0 Å². The SMILES string of the molecule is CC(C)(C)OP(=O)(O)O.[H-].[K+]. The molecule has 0 atom stereocenters. The maximum atomic E-state index is 10.1. The predicted molar refractivity (Wildman–Crippen MR) is 34.0 cm³/mol. The Balaban J connectivity index is -0.000000320. The number of phosphoric acid groups is 1. The van der Waals surface area contributed by atoms with Gasteiger partial charge >= 0.3 is 59.2 Å². The Morgan fingerprint density at radius 1 is 1.40 bits per heavy atom.